The van der Waals surface area contributed by atoms with Gasteiger partial charge in [-0.1, -0.05) is 78.3 Å². The summed E-state index contributed by atoms with van der Waals surface area (Å²) < 4.78 is 14.1. The van der Waals surface area contributed by atoms with E-state index in [9.17, 15) is 18.8 Å². The van der Waals surface area contributed by atoms with Crippen molar-refractivity contribution in [2.75, 3.05) is 0 Å². The largest absolute Gasteiger partial charge is 0.344 e. The highest BCUT2D eigenvalue weighted by atomic mass is 35.5. The van der Waals surface area contributed by atoms with E-state index in [2.05, 4.69) is 10.6 Å². The Balaban J connectivity index is 1.83. The van der Waals surface area contributed by atoms with E-state index in [1.807, 2.05) is 60.7 Å². The molecular formula is C28H26ClFN2O3. The number of hydrogen-bond donors (Lipinski definition) is 2. The molecule has 0 saturated heterocycles. The van der Waals surface area contributed by atoms with Crippen molar-refractivity contribution in [3.63, 3.8) is 0 Å². The summed E-state index contributed by atoms with van der Waals surface area (Å²) in [6, 6.07) is 20.9. The van der Waals surface area contributed by atoms with Crippen molar-refractivity contribution in [1.29, 1.82) is 0 Å². The molecule has 0 fully saturated rings. The Bertz CT molecular complexity index is 1180. The third-order valence-corrected chi connectivity index (χ3v) is 5.66. The molecule has 0 aliphatic heterocycles. The van der Waals surface area contributed by atoms with Crippen LogP contribution in [0.25, 0.3) is 6.08 Å². The van der Waals surface area contributed by atoms with Gasteiger partial charge in [0.05, 0.1) is 11.1 Å². The fourth-order valence-electron chi connectivity index (χ4n) is 3.60. The molecule has 0 radical (unpaired) electrons. The molecule has 180 valence electrons. The summed E-state index contributed by atoms with van der Waals surface area (Å²) in [5.41, 5.74) is 1.79. The van der Waals surface area contributed by atoms with Crippen molar-refractivity contribution >= 4 is 35.3 Å². The zero-order valence-electron chi connectivity index (χ0n) is 19.2. The highest BCUT2D eigenvalue weighted by Crippen LogP contribution is 2.20. The molecule has 7 heteroatoms. The number of rotatable bonds is 10. The van der Waals surface area contributed by atoms with Crippen molar-refractivity contribution in [1.82, 2.24) is 10.6 Å². The van der Waals surface area contributed by atoms with Gasteiger partial charge in [0.2, 0.25) is 11.8 Å². The van der Waals surface area contributed by atoms with Gasteiger partial charge in [-0.3, -0.25) is 14.4 Å². The first kappa shape index (κ1) is 25.8. The van der Waals surface area contributed by atoms with E-state index in [4.69, 9.17) is 11.6 Å². The van der Waals surface area contributed by atoms with Crippen LogP contribution in [0.15, 0.2) is 84.9 Å². The highest BCUT2D eigenvalue weighted by Gasteiger charge is 2.26. The van der Waals surface area contributed by atoms with Crippen LogP contribution in [-0.2, 0) is 27.2 Å². The lowest BCUT2D eigenvalue weighted by atomic mass is 9.99. The van der Waals surface area contributed by atoms with Crippen LogP contribution in [0, 0.1) is 5.82 Å². The van der Waals surface area contributed by atoms with Gasteiger partial charge in [0, 0.05) is 25.3 Å². The predicted octanol–water partition coefficient (Wildman–Crippen LogP) is 4.54. The molecule has 0 aliphatic rings. The van der Waals surface area contributed by atoms with Crippen molar-refractivity contribution in [2.45, 2.75) is 31.8 Å². The van der Waals surface area contributed by atoms with Crippen LogP contribution in [0.5, 0.6) is 0 Å². The van der Waals surface area contributed by atoms with Crippen molar-refractivity contribution in [3.8, 4) is 0 Å². The SMILES string of the molecule is CC(=O)N[C@@H](Cc1ccccc1)C(=O)N[C@@H](Cc1ccccc1)C(=O)/C=C/c1c(F)cccc1Cl. The molecule has 0 aliphatic carbocycles. The number of carbonyl (C=O) groups excluding carboxylic acids is 3. The summed E-state index contributed by atoms with van der Waals surface area (Å²) in [6.45, 7) is 1.33. The molecule has 0 aromatic heterocycles. The number of amides is 2. The molecule has 0 unspecified atom stereocenters. The van der Waals surface area contributed by atoms with Crippen LogP contribution >= 0.6 is 11.6 Å². The molecule has 0 saturated carbocycles. The van der Waals surface area contributed by atoms with E-state index >= 15 is 0 Å². The standard InChI is InChI=1S/C28H26ClFN2O3/c1-19(33)31-26(18-21-11-6-3-7-12-21)28(35)32-25(17-20-9-4-2-5-10-20)27(34)16-15-22-23(29)13-8-14-24(22)30/h2-16,25-26H,17-18H2,1H3,(H,31,33)(H,32,35)/b16-15+/t25-,26-/m0/s1. The zero-order valence-corrected chi connectivity index (χ0v) is 20.0. The third-order valence-electron chi connectivity index (χ3n) is 5.33. The molecule has 0 bridgehead atoms. The number of hydrogen-bond acceptors (Lipinski definition) is 3. The Morgan fingerprint density at radius 2 is 1.40 bits per heavy atom. The van der Waals surface area contributed by atoms with E-state index < -0.39 is 29.6 Å². The number of carbonyl (C=O) groups is 3. The zero-order chi connectivity index (χ0) is 25.2. The minimum atomic E-state index is -0.932. The van der Waals surface area contributed by atoms with Gasteiger partial charge in [0.15, 0.2) is 5.78 Å². The number of halogens is 2. The second-order valence-corrected chi connectivity index (χ2v) is 8.47. The van der Waals surface area contributed by atoms with Gasteiger partial charge in [-0.05, 0) is 35.4 Å². The second-order valence-electron chi connectivity index (χ2n) is 8.06. The molecule has 3 rings (SSSR count). The fourth-order valence-corrected chi connectivity index (χ4v) is 3.83. The first-order valence-electron chi connectivity index (χ1n) is 11.1. The Kier molecular flexibility index (Phi) is 9.32. The van der Waals surface area contributed by atoms with Crippen LogP contribution in [-0.4, -0.2) is 29.7 Å². The maximum absolute atomic E-state index is 14.1. The summed E-state index contributed by atoms with van der Waals surface area (Å²) in [5, 5.41) is 5.61. The lowest BCUT2D eigenvalue weighted by molar-refractivity contribution is -0.130. The maximum atomic E-state index is 14.1. The summed E-state index contributed by atoms with van der Waals surface area (Å²) in [5.74, 6) is -1.83. The number of benzene rings is 3. The van der Waals surface area contributed by atoms with Gasteiger partial charge in [-0.2, -0.15) is 0 Å². The van der Waals surface area contributed by atoms with Crippen LogP contribution < -0.4 is 10.6 Å². The molecular weight excluding hydrogens is 467 g/mol. The van der Waals surface area contributed by atoms with Gasteiger partial charge in [0.25, 0.3) is 0 Å². The molecule has 3 aromatic rings. The number of ketones is 1. The summed E-state index contributed by atoms with van der Waals surface area (Å²) in [4.78, 5) is 38.1. The van der Waals surface area contributed by atoms with Crippen LogP contribution in [0.4, 0.5) is 4.39 Å². The molecule has 5 nitrogen and oxygen atoms in total. The van der Waals surface area contributed by atoms with E-state index in [1.165, 1.54) is 37.3 Å². The monoisotopic (exact) mass is 492 g/mol. The number of nitrogens with one attached hydrogen (secondary N) is 2. The van der Waals surface area contributed by atoms with E-state index in [1.54, 1.807) is 0 Å². The topological polar surface area (TPSA) is 75.3 Å². The molecule has 2 N–H and O–H groups in total. The molecule has 2 atom stereocenters. The summed E-state index contributed by atoms with van der Waals surface area (Å²) >= 11 is 6.06. The van der Waals surface area contributed by atoms with Crippen molar-refractivity contribution in [2.24, 2.45) is 0 Å². The predicted molar refractivity (Wildman–Crippen MR) is 135 cm³/mol. The quantitative estimate of drug-likeness (QED) is 0.408. The minimum absolute atomic E-state index is 0.0903. The third kappa shape index (κ3) is 7.90. The van der Waals surface area contributed by atoms with Gasteiger partial charge in [-0.25, -0.2) is 4.39 Å². The summed E-state index contributed by atoms with van der Waals surface area (Å²) in [7, 11) is 0. The smallest absolute Gasteiger partial charge is 0.243 e. The fraction of sp³-hybridized carbons (Fsp3) is 0.179. The highest BCUT2D eigenvalue weighted by molar-refractivity contribution is 6.32. The summed E-state index contributed by atoms with van der Waals surface area (Å²) in [6.07, 6.45) is 3.00. The Labute approximate surface area is 209 Å². The molecule has 3 aromatic carbocycles. The average Bonchev–Trinajstić information content (AvgIpc) is 2.84. The van der Waals surface area contributed by atoms with E-state index in [0.717, 1.165) is 11.1 Å². The lowest BCUT2D eigenvalue weighted by Crippen LogP contribution is -2.52. The van der Waals surface area contributed by atoms with Crippen LogP contribution in [0.2, 0.25) is 5.02 Å². The van der Waals surface area contributed by atoms with Crippen LogP contribution in [0.3, 0.4) is 0 Å². The molecule has 2 amide bonds. The molecule has 35 heavy (non-hydrogen) atoms. The average molecular weight is 493 g/mol. The normalized spacial score (nSPS) is 12.7. The van der Waals surface area contributed by atoms with Gasteiger partial charge in [-0.15, -0.1) is 0 Å². The minimum Gasteiger partial charge on any atom is -0.344 e. The van der Waals surface area contributed by atoms with Gasteiger partial charge < -0.3 is 10.6 Å². The van der Waals surface area contributed by atoms with E-state index in [-0.39, 0.29) is 29.3 Å². The van der Waals surface area contributed by atoms with E-state index in [0.29, 0.717) is 0 Å². The Morgan fingerprint density at radius 3 is 1.94 bits per heavy atom. The Morgan fingerprint density at radius 1 is 0.829 bits per heavy atom. The first-order valence-corrected chi connectivity index (χ1v) is 11.5. The molecule has 0 spiro atoms. The Hall–Kier alpha value is -3.77. The lowest BCUT2D eigenvalue weighted by Gasteiger charge is -2.22. The van der Waals surface area contributed by atoms with Crippen molar-refractivity contribution < 1.29 is 18.8 Å². The second kappa shape index (κ2) is 12.6. The molecule has 0 heterocycles. The maximum Gasteiger partial charge on any atom is 0.243 e. The van der Waals surface area contributed by atoms with Crippen LogP contribution in [0.1, 0.15) is 23.6 Å². The van der Waals surface area contributed by atoms with Crippen molar-refractivity contribution in [3.05, 3.63) is 112 Å². The van der Waals surface area contributed by atoms with Gasteiger partial charge in [0.1, 0.15) is 11.9 Å². The van der Waals surface area contributed by atoms with Gasteiger partial charge >= 0.3 is 0 Å². The first-order chi connectivity index (χ1) is 16.8.